The second-order valence-electron chi connectivity index (χ2n) is 38.0. The van der Waals surface area contributed by atoms with E-state index in [-0.39, 0.29) is 28.4 Å². The van der Waals surface area contributed by atoms with Gasteiger partial charge in [0.2, 0.25) is 0 Å². The predicted molar refractivity (Wildman–Crippen MR) is 515 cm³/mol. The third-order valence-corrected chi connectivity index (χ3v) is 26.7. The lowest BCUT2D eigenvalue weighted by atomic mass is 9.33. The van der Waals surface area contributed by atoms with Crippen molar-refractivity contribution in [2.45, 2.75) is 105 Å². The molecule has 23 rings (SSSR count). The van der Waals surface area contributed by atoms with E-state index in [4.69, 9.17) is 0 Å². The van der Waals surface area contributed by atoms with Gasteiger partial charge in [0.25, 0.3) is 6.71 Å². The third kappa shape index (κ3) is 10.7. The lowest BCUT2D eigenvalue weighted by Gasteiger charge is -2.46. The number of hydrogen-bond acceptors (Lipinski definition) is 2. The van der Waals surface area contributed by atoms with Crippen molar-refractivity contribution in [2.75, 3.05) is 9.80 Å². The van der Waals surface area contributed by atoms with E-state index in [1.807, 2.05) is 0 Å². The average molecular weight is 1540 g/mol. The molecule has 0 aliphatic carbocycles. The first-order chi connectivity index (χ1) is 58.1. The van der Waals surface area contributed by atoms with Crippen LogP contribution in [0.2, 0.25) is 0 Å². The highest BCUT2D eigenvalue weighted by Gasteiger charge is 2.47. The highest BCUT2D eigenvalue weighted by Crippen LogP contribution is 2.57. The number of hydrogen-bond donors (Lipinski definition) is 0. The molecule has 5 nitrogen and oxygen atoms in total. The van der Waals surface area contributed by atoms with Crippen LogP contribution in [0.5, 0.6) is 0 Å². The Labute approximate surface area is 702 Å². The summed E-state index contributed by atoms with van der Waals surface area (Å²) in [7, 11) is 0. The standard InChI is InChI=1S/C114H92BN5/c1-111(2,3)76-47-57-93-87(63-76)88-64-77(112(4,5)6)48-58-94(88)116(93)80-51-53-91-100(67-80)119(109-82(70-31-19-14-20-32-70)39-27-40-83(109)71-33-21-15-22-34-71)102-61-75(69-29-17-13-18-30-69)62-103-108(102)115(91)92-54-52-81(117-95-59-49-78(113(7,8)9)65-89(95)90-66-79(114(10,11)12)50-60-96(90)117)68-101(92)120(103)110-84(72-35-23-16-24-36-72)41-28-44-99(110)118-97-55-45-73-37-25-42-85-86-43-26-38-74-46-56-98(118)107(105(74)86)106(97)104(73)85/h13-68H,1-12H3. The second-order valence-corrected chi connectivity index (χ2v) is 38.0. The molecule has 0 radical (unpaired) electrons. The van der Waals surface area contributed by atoms with Crippen molar-refractivity contribution in [1.82, 2.24) is 13.7 Å². The minimum absolute atomic E-state index is 0.0746. The molecule has 2 aliphatic rings. The molecule has 0 bridgehead atoms. The molecular formula is C114H92BN5. The Kier molecular flexibility index (Phi) is 15.5. The molecule has 3 aromatic heterocycles. The van der Waals surface area contributed by atoms with Crippen LogP contribution in [0.4, 0.5) is 34.1 Å². The Bertz CT molecular complexity index is 7500. The van der Waals surface area contributed by atoms with Gasteiger partial charge in [-0.05, 0) is 224 Å². The van der Waals surface area contributed by atoms with Gasteiger partial charge in [-0.2, -0.15) is 0 Å². The molecule has 18 aromatic carbocycles. The van der Waals surface area contributed by atoms with Crippen LogP contribution in [0.25, 0.3) is 159 Å². The SMILES string of the molecule is CC(C)(C)c1ccc2c(c1)c1cc(C(C)(C)C)ccc1n2-c1ccc2c(c1)N(c1c(-c3ccccc3)cccc1-c1ccccc1)c1cc(-c3ccccc3)cc3c1B2c1ccc(-n2c4ccc(C(C)(C)C)cc4c4cc(C(C)(C)C)ccc42)cc1N3c1c(-c2ccccc2)cccc1-n1c2ccc3cccc4c5cccc6ccc1c(c65)c2c34. The van der Waals surface area contributed by atoms with Crippen molar-refractivity contribution in [2.24, 2.45) is 0 Å². The van der Waals surface area contributed by atoms with E-state index in [9.17, 15) is 0 Å². The lowest BCUT2D eigenvalue weighted by molar-refractivity contribution is 0.590. The van der Waals surface area contributed by atoms with Crippen LogP contribution in [0.3, 0.4) is 0 Å². The molecule has 21 aromatic rings. The maximum atomic E-state index is 2.76. The molecule has 120 heavy (non-hydrogen) atoms. The van der Waals surface area contributed by atoms with Crippen molar-refractivity contribution in [3.63, 3.8) is 0 Å². The van der Waals surface area contributed by atoms with Crippen molar-refractivity contribution < 1.29 is 0 Å². The monoisotopic (exact) mass is 1540 g/mol. The van der Waals surface area contributed by atoms with E-state index in [1.165, 1.54) is 136 Å². The summed E-state index contributed by atoms with van der Waals surface area (Å²) in [4.78, 5) is 5.48. The molecule has 576 valence electrons. The predicted octanol–water partition coefficient (Wildman–Crippen LogP) is 29.3. The third-order valence-electron chi connectivity index (χ3n) is 26.7. The summed E-state index contributed by atoms with van der Waals surface area (Å²) in [5, 5.41) is 15.3. The molecule has 0 atom stereocenters. The van der Waals surface area contributed by atoms with Gasteiger partial charge in [0.15, 0.2) is 0 Å². The highest BCUT2D eigenvalue weighted by atomic mass is 15.2. The minimum Gasteiger partial charge on any atom is -0.310 e. The number of benzene rings is 18. The number of nitrogens with zero attached hydrogens (tertiary/aromatic N) is 5. The number of anilines is 6. The van der Waals surface area contributed by atoms with Gasteiger partial charge in [0, 0.05) is 83.1 Å². The smallest absolute Gasteiger partial charge is 0.252 e. The summed E-state index contributed by atoms with van der Waals surface area (Å²) in [5.41, 5.74) is 34.5. The van der Waals surface area contributed by atoms with Crippen molar-refractivity contribution in [1.29, 1.82) is 0 Å². The quantitative estimate of drug-likeness (QED) is 0.0816. The number of rotatable bonds is 9. The Balaban J connectivity index is 0.896. The summed E-state index contributed by atoms with van der Waals surface area (Å²) < 4.78 is 7.79. The van der Waals surface area contributed by atoms with Crippen LogP contribution >= 0.6 is 0 Å². The lowest BCUT2D eigenvalue weighted by Crippen LogP contribution is -2.61. The van der Waals surface area contributed by atoms with E-state index in [2.05, 4.69) is 446 Å². The van der Waals surface area contributed by atoms with Crippen molar-refractivity contribution >= 4 is 155 Å². The first-order valence-corrected chi connectivity index (χ1v) is 42.7. The summed E-state index contributed by atoms with van der Waals surface area (Å²) >= 11 is 0. The Morgan fingerprint density at radius 2 is 0.558 bits per heavy atom. The molecule has 0 N–H and O–H groups in total. The fraction of sp³-hybridized carbons (Fsp3) is 0.140. The van der Waals surface area contributed by atoms with E-state index >= 15 is 0 Å². The topological polar surface area (TPSA) is 21.3 Å². The molecule has 2 aliphatic heterocycles. The maximum Gasteiger partial charge on any atom is 0.252 e. The van der Waals surface area contributed by atoms with Crippen LogP contribution < -0.4 is 26.2 Å². The van der Waals surface area contributed by atoms with E-state index in [1.54, 1.807) is 0 Å². The highest BCUT2D eigenvalue weighted by molar-refractivity contribution is 7.00. The van der Waals surface area contributed by atoms with Crippen LogP contribution in [0.15, 0.2) is 340 Å². The van der Waals surface area contributed by atoms with Gasteiger partial charge in [-0.25, -0.2) is 0 Å². The van der Waals surface area contributed by atoms with Gasteiger partial charge in [0.1, 0.15) is 0 Å². The van der Waals surface area contributed by atoms with Crippen LogP contribution in [0.1, 0.15) is 105 Å². The van der Waals surface area contributed by atoms with Crippen molar-refractivity contribution in [3.05, 3.63) is 362 Å². The number of para-hydroxylation sites is 2. The molecule has 5 heterocycles. The molecule has 0 amide bonds. The normalized spacial score (nSPS) is 13.3. The van der Waals surface area contributed by atoms with Gasteiger partial charge >= 0.3 is 0 Å². The molecule has 0 spiro atoms. The Morgan fingerprint density at radius 1 is 0.217 bits per heavy atom. The first kappa shape index (κ1) is 71.6. The molecule has 0 saturated heterocycles. The summed E-state index contributed by atoms with van der Waals surface area (Å²) in [5.74, 6) is 0. The zero-order chi connectivity index (χ0) is 81.3. The van der Waals surface area contributed by atoms with Gasteiger partial charge in [0.05, 0.1) is 50.2 Å². The van der Waals surface area contributed by atoms with Crippen LogP contribution in [0, 0.1) is 0 Å². The van der Waals surface area contributed by atoms with Crippen LogP contribution in [-0.2, 0) is 21.7 Å². The summed E-state index contributed by atoms with van der Waals surface area (Å²) in [6.07, 6.45) is 0. The fourth-order valence-electron chi connectivity index (χ4n) is 20.7. The molecule has 0 unspecified atom stereocenters. The first-order valence-electron chi connectivity index (χ1n) is 42.7. The zero-order valence-corrected chi connectivity index (χ0v) is 70.1. The van der Waals surface area contributed by atoms with E-state index in [0.29, 0.717) is 0 Å². The Morgan fingerprint density at radius 3 is 0.942 bits per heavy atom. The summed E-state index contributed by atoms with van der Waals surface area (Å²) in [6.45, 7) is 27.8. The molecule has 6 heteroatoms. The van der Waals surface area contributed by atoms with Gasteiger partial charge in [-0.3, -0.25) is 0 Å². The maximum absolute atomic E-state index is 2.76. The largest absolute Gasteiger partial charge is 0.310 e. The Hall–Kier alpha value is -13.7. The van der Waals surface area contributed by atoms with Gasteiger partial charge < -0.3 is 23.5 Å². The number of aromatic nitrogens is 3. The van der Waals surface area contributed by atoms with Crippen molar-refractivity contribution in [3.8, 4) is 61.6 Å². The average Bonchev–Trinajstić information content (AvgIpc) is 1.43. The van der Waals surface area contributed by atoms with E-state index < -0.39 is 0 Å². The molecule has 0 fully saturated rings. The summed E-state index contributed by atoms with van der Waals surface area (Å²) in [6, 6.07) is 132. The van der Waals surface area contributed by atoms with Crippen LogP contribution in [-0.4, -0.2) is 20.4 Å². The fourth-order valence-corrected chi connectivity index (χ4v) is 20.7. The minimum atomic E-state index is -0.308. The molecular weight excluding hydrogens is 1450 g/mol. The van der Waals surface area contributed by atoms with E-state index in [0.717, 1.165) is 95.7 Å². The zero-order valence-electron chi connectivity index (χ0n) is 70.1. The van der Waals surface area contributed by atoms with Gasteiger partial charge in [-0.15, -0.1) is 0 Å². The molecule has 0 saturated carbocycles. The number of fused-ring (bicyclic) bond motifs is 11. The van der Waals surface area contributed by atoms with Gasteiger partial charge in [-0.1, -0.05) is 320 Å². The second kappa shape index (κ2) is 25.9.